The maximum Gasteiger partial charge on any atom is 0.354 e. The van der Waals surface area contributed by atoms with E-state index in [1.807, 2.05) is 54.6 Å². The average Bonchev–Trinajstić information content (AvgIpc) is 2.78. The molecule has 3 aromatic carbocycles. The first-order valence-corrected chi connectivity index (χ1v) is 10.4. The van der Waals surface area contributed by atoms with Gasteiger partial charge in [-0.2, -0.15) is 0 Å². The Morgan fingerprint density at radius 2 is 1.28 bits per heavy atom. The van der Waals surface area contributed by atoms with Crippen molar-refractivity contribution in [3.05, 3.63) is 108 Å². The Balaban J connectivity index is 2.16. The van der Waals surface area contributed by atoms with E-state index in [1.165, 1.54) is 11.8 Å². The molecule has 5 heteroatoms. The summed E-state index contributed by atoms with van der Waals surface area (Å²) >= 11 is 1.52. The molecule has 0 fully saturated rings. The second kappa shape index (κ2) is 9.94. The topological polar surface area (TPSA) is 58.9 Å². The van der Waals surface area contributed by atoms with Crippen molar-refractivity contribution in [3.63, 3.8) is 0 Å². The third kappa shape index (κ3) is 4.69. The summed E-state index contributed by atoms with van der Waals surface area (Å²) in [5.41, 5.74) is 3.21. The molecule has 0 heterocycles. The lowest BCUT2D eigenvalue weighted by molar-refractivity contribution is -0.129. The number of carboxylic acids is 1. The molecule has 3 aromatic rings. The minimum atomic E-state index is -1.07. The Kier molecular flexibility index (Phi) is 7.09. The monoisotopic (exact) mass is 405 g/mol. The van der Waals surface area contributed by atoms with Gasteiger partial charge < -0.3 is 9.94 Å². The van der Waals surface area contributed by atoms with Gasteiger partial charge in [0.25, 0.3) is 0 Å². The van der Waals surface area contributed by atoms with Crippen LogP contribution in [0.2, 0.25) is 0 Å². The minimum Gasteiger partial charge on any atom is -0.477 e. The Hall–Kier alpha value is -3.05. The molecule has 148 valence electrons. The summed E-state index contributed by atoms with van der Waals surface area (Å²) in [4.78, 5) is 16.7. The number of aliphatic carboxylic acids is 1. The summed E-state index contributed by atoms with van der Waals surface area (Å²) < 4.78 is -0.591. The van der Waals surface area contributed by atoms with E-state index in [0.717, 1.165) is 16.7 Å². The van der Waals surface area contributed by atoms with Crippen molar-refractivity contribution in [2.45, 2.75) is 11.7 Å². The van der Waals surface area contributed by atoms with E-state index >= 15 is 0 Å². The smallest absolute Gasteiger partial charge is 0.354 e. The summed E-state index contributed by atoms with van der Waals surface area (Å²) in [6, 6.07) is 30.4. The molecule has 0 amide bonds. The van der Waals surface area contributed by atoms with Crippen LogP contribution in [0.4, 0.5) is 0 Å². The van der Waals surface area contributed by atoms with Crippen molar-refractivity contribution in [3.8, 4) is 0 Å². The number of nitrogens with zero attached hydrogens (tertiary/aromatic N) is 1. The summed E-state index contributed by atoms with van der Waals surface area (Å²) in [6.07, 6.45) is 0. The van der Waals surface area contributed by atoms with Crippen LogP contribution in [0.15, 0.2) is 96.2 Å². The van der Waals surface area contributed by atoms with Crippen LogP contribution in [0.25, 0.3) is 0 Å². The van der Waals surface area contributed by atoms with Crippen molar-refractivity contribution in [1.82, 2.24) is 0 Å². The standard InChI is InChI=1S/C24H23NO3S/c1-2-28-25-22(23(26)27)18-29-24(19-12-6-3-7-13-19,20-14-8-4-9-15-20)21-16-10-5-11-17-21/h3-17H,2,18H2,1H3,(H,26,27)/b25-22+. The highest BCUT2D eigenvalue weighted by Gasteiger charge is 2.37. The van der Waals surface area contributed by atoms with Crippen LogP contribution < -0.4 is 0 Å². The van der Waals surface area contributed by atoms with E-state index in [1.54, 1.807) is 6.92 Å². The highest BCUT2D eigenvalue weighted by molar-refractivity contribution is 8.01. The van der Waals surface area contributed by atoms with Crippen LogP contribution in [0, 0.1) is 0 Å². The van der Waals surface area contributed by atoms with Crippen molar-refractivity contribution in [2.75, 3.05) is 12.4 Å². The molecule has 0 aromatic heterocycles. The molecule has 0 aliphatic rings. The fraction of sp³-hybridized carbons (Fsp3) is 0.167. The molecule has 0 unspecified atom stereocenters. The molecule has 0 saturated heterocycles. The summed E-state index contributed by atoms with van der Waals surface area (Å²) in [5, 5.41) is 13.4. The third-order valence-corrected chi connectivity index (χ3v) is 6.07. The minimum absolute atomic E-state index is 0.0102. The van der Waals surface area contributed by atoms with E-state index < -0.39 is 10.7 Å². The van der Waals surface area contributed by atoms with Crippen LogP contribution in [0.5, 0.6) is 0 Å². The van der Waals surface area contributed by atoms with Gasteiger partial charge in [0.15, 0.2) is 5.71 Å². The molecule has 0 saturated carbocycles. The maximum atomic E-state index is 11.7. The molecule has 0 aliphatic heterocycles. The fourth-order valence-corrected chi connectivity index (χ4v) is 4.65. The normalized spacial score (nSPS) is 11.8. The van der Waals surface area contributed by atoms with Gasteiger partial charge in [0.1, 0.15) is 6.61 Å². The van der Waals surface area contributed by atoms with Crippen LogP contribution in [-0.4, -0.2) is 29.1 Å². The Morgan fingerprint density at radius 1 is 0.862 bits per heavy atom. The second-order valence-corrected chi connectivity index (χ2v) is 7.52. The first kappa shape index (κ1) is 20.7. The Labute approximate surface area is 175 Å². The average molecular weight is 406 g/mol. The molecule has 0 atom stereocenters. The lowest BCUT2D eigenvalue weighted by Gasteiger charge is -2.35. The number of hydrogen-bond acceptors (Lipinski definition) is 4. The van der Waals surface area contributed by atoms with Gasteiger partial charge in [-0.3, -0.25) is 0 Å². The molecule has 0 spiro atoms. The molecule has 0 aliphatic carbocycles. The molecule has 0 radical (unpaired) electrons. The first-order valence-electron chi connectivity index (χ1n) is 9.41. The Morgan fingerprint density at radius 3 is 1.62 bits per heavy atom. The second-order valence-electron chi connectivity index (χ2n) is 6.33. The lowest BCUT2D eigenvalue weighted by atomic mass is 9.84. The van der Waals surface area contributed by atoms with Crippen molar-refractivity contribution >= 4 is 23.4 Å². The molecule has 3 rings (SSSR count). The van der Waals surface area contributed by atoms with Crippen molar-refractivity contribution < 1.29 is 14.7 Å². The van der Waals surface area contributed by atoms with Gasteiger partial charge in [-0.1, -0.05) is 96.2 Å². The van der Waals surface area contributed by atoms with Crippen LogP contribution in [-0.2, 0) is 14.4 Å². The molecule has 29 heavy (non-hydrogen) atoms. The van der Waals surface area contributed by atoms with E-state index in [0.29, 0.717) is 6.61 Å². The third-order valence-electron chi connectivity index (χ3n) is 4.52. The zero-order valence-corrected chi connectivity index (χ0v) is 17.0. The highest BCUT2D eigenvalue weighted by atomic mass is 32.2. The quantitative estimate of drug-likeness (QED) is 0.302. The van der Waals surface area contributed by atoms with Crippen molar-refractivity contribution in [1.29, 1.82) is 0 Å². The predicted molar refractivity (Wildman–Crippen MR) is 118 cm³/mol. The van der Waals surface area contributed by atoms with Gasteiger partial charge in [0.2, 0.25) is 0 Å². The highest BCUT2D eigenvalue weighted by Crippen LogP contribution is 2.48. The number of rotatable bonds is 9. The van der Waals surface area contributed by atoms with Gasteiger partial charge in [-0.25, -0.2) is 4.79 Å². The molecule has 1 N–H and O–H groups in total. The van der Waals surface area contributed by atoms with Crippen LogP contribution >= 0.6 is 11.8 Å². The van der Waals surface area contributed by atoms with E-state index in [-0.39, 0.29) is 11.5 Å². The molecular formula is C24H23NO3S. The number of carbonyl (C=O) groups is 1. The largest absolute Gasteiger partial charge is 0.477 e. The Bertz CT molecular complexity index is 847. The zero-order chi connectivity index (χ0) is 20.5. The van der Waals surface area contributed by atoms with E-state index in [9.17, 15) is 9.90 Å². The SMILES string of the molecule is CCO/N=C(\CSC(c1ccccc1)(c1ccccc1)c1ccccc1)C(=O)O. The van der Waals surface area contributed by atoms with Gasteiger partial charge in [0.05, 0.1) is 4.75 Å². The van der Waals surface area contributed by atoms with Gasteiger partial charge in [-0.05, 0) is 23.6 Å². The van der Waals surface area contributed by atoms with Gasteiger partial charge >= 0.3 is 5.97 Å². The fourth-order valence-electron chi connectivity index (χ4n) is 3.21. The number of carboxylic acid groups (broad SMARTS) is 1. The lowest BCUT2D eigenvalue weighted by Crippen LogP contribution is -2.28. The predicted octanol–water partition coefficient (Wildman–Crippen LogP) is 5.19. The maximum absolute atomic E-state index is 11.7. The zero-order valence-electron chi connectivity index (χ0n) is 16.2. The van der Waals surface area contributed by atoms with Gasteiger partial charge in [0, 0.05) is 5.75 Å². The molecular weight excluding hydrogens is 382 g/mol. The van der Waals surface area contributed by atoms with Crippen LogP contribution in [0.3, 0.4) is 0 Å². The summed E-state index contributed by atoms with van der Waals surface area (Å²) in [7, 11) is 0. The first-order chi connectivity index (χ1) is 14.2. The number of thioether (sulfide) groups is 1. The summed E-state index contributed by atoms with van der Waals surface area (Å²) in [6.45, 7) is 2.10. The number of benzene rings is 3. The van der Waals surface area contributed by atoms with Crippen molar-refractivity contribution in [2.24, 2.45) is 5.16 Å². The summed E-state index contributed by atoms with van der Waals surface area (Å²) in [5.74, 6) is -0.886. The molecule has 4 nitrogen and oxygen atoms in total. The van der Waals surface area contributed by atoms with E-state index in [4.69, 9.17) is 4.84 Å². The van der Waals surface area contributed by atoms with Crippen LogP contribution in [0.1, 0.15) is 23.6 Å². The number of oxime groups is 1. The number of hydrogen-bond donors (Lipinski definition) is 1. The van der Waals surface area contributed by atoms with E-state index in [2.05, 4.69) is 41.6 Å². The van der Waals surface area contributed by atoms with Gasteiger partial charge in [-0.15, -0.1) is 11.8 Å². The molecule has 0 bridgehead atoms.